The van der Waals surface area contributed by atoms with E-state index in [1.807, 2.05) is 13.0 Å². The number of rotatable bonds is 8. The molecule has 2 aliphatic rings. The first kappa shape index (κ1) is 24.8. The smallest absolute Gasteiger partial charge is 0.267 e. The van der Waals surface area contributed by atoms with Crippen molar-refractivity contribution in [2.24, 2.45) is 0 Å². The maximum atomic E-state index is 13.4. The van der Waals surface area contributed by atoms with Crippen molar-refractivity contribution < 1.29 is 23.1 Å². The van der Waals surface area contributed by atoms with Gasteiger partial charge in [-0.3, -0.25) is 18.9 Å². The molecule has 2 fully saturated rings. The van der Waals surface area contributed by atoms with Gasteiger partial charge in [-0.25, -0.2) is 13.4 Å². The van der Waals surface area contributed by atoms with E-state index in [0.29, 0.717) is 18.6 Å². The number of aliphatic hydroxyl groups excluding tert-OH is 1. The van der Waals surface area contributed by atoms with Gasteiger partial charge in [0.1, 0.15) is 15.8 Å². The average Bonchev–Trinajstić information content (AvgIpc) is 3.28. The van der Waals surface area contributed by atoms with E-state index in [1.165, 1.54) is 15.4 Å². The molecule has 0 bridgehead atoms. The van der Waals surface area contributed by atoms with Crippen LogP contribution in [0.15, 0.2) is 28.0 Å². The van der Waals surface area contributed by atoms with Crippen molar-refractivity contribution in [3.8, 4) is 0 Å². The van der Waals surface area contributed by atoms with Gasteiger partial charge in [-0.2, -0.15) is 0 Å². The highest BCUT2D eigenvalue weighted by Crippen LogP contribution is 2.36. The molecule has 1 amide bonds. The van der Waals surface area contributed by atoms with Crippen molar-refractivity contribution in [1.29, 1.82) is 0 Å². The molecular weight excluding hydrogens is 500 g/mol. The van der Waals surface area contributed by atoms with Crippen LogP contribution in [-0.4, -0.2) is 81.9 Å². The molecule has 2 N–H and O–H groups in total. The number of hydrogen-bond acceptors (Lipinski definition) is 10. The summed E-state index contributed by atoms with van der Waals surface area (Å²) in [5.74, 6) is -0.222. The third kappa shape index (κ3) is 5.18. The molecule has 2 saturated heterocycles. The standard InChI is InChI=1S/C21H24N4O6S3/c1-13-2-3-17-23-18(22-5-7-31-8-6-26)15(19(27)24(17)11-13)10-16-20(28)25(21(32)33-16)14-4-9-34(29,30)12-14/h2-3,10-11,14,22,26H,4-9,12H2,1H3. The topological polar surface area (TPSA) is 130 Å². The number of amides is 1. The molecule has 13 heteroatoms. The zero-order chi connectivity index (χ0) is 24.5. The molecule has 182 valence electrons. The minimum Gasteiger partial charge on any atom is -0.394 e. The number of nitrogens with one attached hydrogen (secondary N) is 1. The van der Waals surface area contributed by atoms with E-state index >= 15 is 0 Å². The van der Waals surface area contributed by atoms with E-state index in [-0.39, 0.29) is 57.5 Å². The lowest BCUT2D eigenvalue weighted by Crippen LogP contribution is -2.39. The van der Waals surface area contributed by atoms with Crippen LogP contribution in [-0.2, 0) is 19.4 Å². The third-order valence-corrected chi connectivity index (χ3v) is 8.53. The van der Waals surface area contributed by atoms with Crippen molar-refractivity contribution in [1.82, 2.24) is 14.3 Å². The summed E-state index contributed by atoms with van der Waals surface area (Å²) in [6.45, 7) is 2.58. The summed E-state index contributed by atoms with van der Waals surface area (Å²) in [5, 5.41) is 11.9. The molecule has 34 heavy (non-hydrogen) atoms. The first-order valence-electron chi connectivity index (χ1n) is 10.6. The average molecular weight is 525 g/mol. The summed E-state index contributed by atoms with van der Waals surface area (Å²) in [5.41, 5.74) is 1.13. The Balaban J connectivity index is 1.70. The quantitative estimate of drug-likeness (QED) is 0.291. The lowest BCUT2D eigenvalue weighted by Gasteiger charge is -2.20. The summed E-state index contributed by atoms with van der Waals surface area (Å²) in [7, 11) is -3.20. The van der Waals surface area contributed by atoms with Crippen LogP contribution in [0.1, 0.15) is 17.5 Å². The molecule has 1 unspecified atom stereocenters. The fourth-order valence-corrected chi connectivity index (χ4v) is 6.92. The Morgan fingerprint density at radius 3 is 2.85 bits per heavy atom. The number of aryl methyl sites for hydroxylation is 1. The van der Waals surface area contributed by atoms with Crippen LogP contribution in [0.25, 0.3) is 11.7 Å². The van der Waals surface area contributed by atoms with E-state index in [1.54, 1.807) is 12.3 Å². The van der Waals surface area contributed by atoms with Crippen LogP contribution in [0, 0.1) is 6.92 Å². The summed E-state index contributed by atoms with van der Waals surface area (Å²) in [4.78, 5) is 32.7. The second kappa shape index (κ2) is 10.1. The van der Waals surface area contributed by atoms with Gasteiger partial charge in [0.05, 0.1) is 47.8 Å². The Morgan fingerprint density at radius 2 is 2.15 bits per heavy atom. The summed E-state index contributed by atoms with van der Waals surface area (Å²) >= 11 is 6.42. The molecular formula is C21H24N4O6S3. The van der Waals surface area contributed by atoms with Crippen molar-refractivity contribution in [2.75, 3.05) is 43.2 Å². The third-order valence-electron chi connectivity index (χ3n) is 5.45. The summed E-state index contributed by atoms with van der Waals surface area (Å²) < 4.78 is 30.8. The normalized spacial score (nSPS) is 21.2. The van der Waals surface area contributed by atoms with Gasteiger partial charge in [0.15, 0.2) is 9.84 Å². The Morgan fingerprint density at radius 1 is 1.35 bits per heavy atom. The number of anilines is 1. The number of thiocarbonyl (C=S) groups is 1. The van der Waals surface area contributed by atoms with Crippen LogP contribution in [0.3, 0.4) is 0 Å². The number of carbonyl (C=O) groups excluding carboxylic acids is 1. The van der Waals surface area contributed by atoms with Gasteiger partial charge in [0.2, 0.25) is 0 Å². The zero-order valence-corrected chi connectivity index (χ0v) is 20.8. The van der Waals surface area contributed by atoms with Crippen LogP contribution in [0.5, 0.6) is 0 Å². The Hall–Kier alpha value is -2.32. The number of sulfone groups is 1. The van der Waals surface area contributed by atoms with Crippen LogP contribution in [0.2, 0.25) is 0 Å². The van der Waals surface area contributed by atoms with Crippen molar-refractivity contribution >= 4 is 61.6 Å². The van der Waals surface area contributed by atoms with Gasteiger partial charge in [0, 0.05) is 12.7 Å². The van der Waals surface area contributed by atoms with Crippen molar-refractivity contribution in [3.05, 3.63) is 44.7 Å². The number of pyridine rings is 1. The number of nitrogens with zero attached hydrogens (tertiary/aromatic N) is 3. The molecule has 1 atom stereocenters. The van der Waals surface area contributed by atoms with Crippen molar-refractivity contribution in [2.45, 2.75) is 19.4 Å². The Bertz CT molecular complexity index is 1340. The van der Waals surface area contributed by atoms with E-state index < -0.39 is 21.8 Å². The number of ether oxygens (including phenoxy) is 1. The molecule has 0 saturated carbocycles. The first-order valence-corrected chi connectivity index (χ1v) is 13.7. The predicted molar refractivity (Wildman–Crippen MR) is 135 cm³/mol. The highest BCUT2D eigenvalue weighted by atomic mass is 32.2. The van der Waals surface area contributed by atoms with Crippen LogP contribution >= 0.6 is 24.0 Å². The second-order valence-electron chi connectivity index (χ2n) is 7.99. The number of aromatic nitrogens is 2. The first-order chi connectivity index (χ1) is 16.2. The molecule has 2 aliphatic heterocycles. The molecule has 4 heterocycles. The second-order valence-corrected chi connectivity index (χ2v) is 11.9. The SMILES string of the molecule is Cc1ccc2nc(NCCOCCO)c(C=C3SC(=S)N(C4CCS(=O)(=O)C4)C3=O)c(=O)n2c1. The molecule has 2 aromatic heterocycles. The number of carbonyl (C=O) groups is 1. The Labute approximate surface area is 205 Å². The predicted octanol–water partition coefficient (Wildman–Crippen LogP) is 0.812. The fourth-order valence-electron chi connectivity index (χ4n) is 3.84. The Kier molecular flexibility index (Phi) is 7.38. The maximum absolute atomic E-state index is 13.4. The highest BCUT2D eigenvalue weighted by molar-refractivity contribution is 8.26. The molecule has 0 aliphatic carbocycles. The molecule has 2 aromatic rings. The van der Waals surface area contributed by atoms with E-state index in [0.717, 1.165) is 17.3 Å². The number of fused-ring (bicyclic) bond motifs is 1. The summed E-state index contributed by atoms with van der Waals surface area (Å²) in [6.07, 6.45) is 3.47. The summed E-state index contributed by atoms with van der Waals surface area (Å²) in [6, 6.07) is 3.08. The van der Waals surface area contributed by atoms with Gasteiger partial charge in [0.25, 0.3) is 11.5 Å². The van der Waals surface area contributed by atoms with E-state index in [4.69, 9.17) is 22.1 Å². The fraction of sp³-hybridized carbons (Fsp3) is 0.429. The largest absolute Gasteiger partial charge is 0.394 e. The molecule has 10 nitrogen and oxygen atoms in total. The monoisotopic (exact) mass is 524 g/mol. The van der Waals surface area contributed by atoms with E-state index in [2.05, 4.69) is 10.3 Å². The van der Waals surface area contributed by atoms with Gasteiger partial charge >= 0.3 is 0 Å². The zero-order valence-electron chi connectivity index (χ0n) is 18.4. The minimum absolute atomic E-state index is 0.0233. The van der Waals surface area contributed by atoms with Crippen LogP contribution < -0.4 is 10.9 Å². The van der Waals surface area contributed by atoms with Crippen LogP contribution in [0.4, 0.5) is 5.82 Å². The molecule has 4 rings (SSSR count). The van der Waals surface area contributed by atoms with Gasteiger partial charge in [-0.15, -0.1) is 0 Å². The van der Waals surface area contributed by atoms with Gasteiger partial charge in [-0.05, 0) is 31.1 Å². The lowest BCUT2D eigenvalue weighted by molar-refractivity contribution is -0.123. The van der Waals surface area contributed by atoms with Gasteiger partial charge in [-0.1, -0.05) is 30.0 Å². The van der Waals surface area contributed by atoms with E-state index in [9.17, 15) is 18.0 Å². The number of aliphatic hydroxyl groups is 1. The lowest BCUT2D eigenvalue weighted by atomic mass is 10.2. The molecule has 0 spiro atoms. The van der Waals surface area contributed by atoms with Crippen molar-refractivity contribution in [3.63, 3.8) is 0 Å². The number of thioether (sulfide) groups is 1. The molecule has 0 aromatic carbocycles. The molecule has 0 radical (unpaired) electrons. The van der Waals surface area contributed by atoms with Gasteiger partial charge < -0.3 is 15.2 Å². The minimum atomic E-state index is -3.20. The maximum Gasteiger partial charge on any atom is 0.267 e. The highest BCUT2D eigenvalue weighted by Gasteiger charge is 2.42. The number of hydrogen-bond donors (Lipinski definition) is 2.